The Labute approximate surface area is 95.2 Å². The first-order chi connectivity index (χ1) is 4.86. The molecule has 0 spiro atoms. The summed E-state index contributed by atoms with van der Waals surface area (Å²) >= 11 is 2.07. The third-order valence-corrected chi connectivity index (χ3v) is 1.95. The summed E-state index contributed by atoms with van der Waals surface area (Å²) in [6.07, 6.45) is 0. The average Bonchev–Trinajstić information content (AvgIpc) is 2.27. The first-order valence-corrected chi connectivity index (χ1v) is 3.94. The molecule has 0 unspecified atom stereocenters. The summed E-state index contributed by atoms with van der Waals surface area (Å²) in [7, 11) is 0. The number of hydrogen-bond donors (Lipinski definition) is 1. The minimum absolute atomic E-state index is 0. The van der Waals surface area contributed by atoms with Crippen LogP contribution in [0.4, 0.5) is 0 Å². The minimum atomic E-state index is 0. The Kier molecular flexibility index (Phi) is 4.95. The van der Waals surface area contributed by atoms with Crippen LogP contribution in [-0.4, -0.2) is 4.98 Å². The molecule has 0 saturated carbocycles. The van der Waals surface area contributed by atoms with Gasteiger partial charge in [0.1, 0.15) is 0 Å². The van der Waals surface area contributed by atoms with Crippen LogP contribution < -0.4 is 28.8 Å². The molecular weight excluding hydrogens is 229 g/mol. The van der Waals surface area contributed by atoms with Crippen LogP contribution in [0.15, 0.2) is 30.3 Å². The fourth-order valence-electron chi connectivity index (χ4n) is 1.07. The SMILES string of the molecule is [Cl-].[Cl-].[Ti+2][c]1cc2ccccc2[nH]1. The van der Waals surface area contributed by atoms with E-state index in [0.717, 1.165) is 0 Å². The Balaban J connectivity index is 0.000000605. The van der Waals surface area contributed by atoms with E-state index in [1.165, 1.54) is 14.9 Å². The van der Waals surface area contributed by atoms with E-state index in [2.05, 4.69) is 49.7 Å². The molecule has 0 fully saturated rings. The van der Waals surface area contributed by atoms with Crippen molar-refractivity contribution in [2.24, 2.45) is 0 Å². The van der Waals surface area contributed by atoms with Gasteiger partial charge in [-0.15, -0.1) is 0 Å². The zero-order chi connectivity index (χ0) is 6.97. The van der Waals surface area contributed by atoms with Crippen LogP contribution in [0.2, 0.25) is 0 Å². The predicted octanol–water partition coefficient (Wildman–Crippen LogP) is -4.65. The third kappa shape index (κ3) is 2.27. The molecule has 0 aliphatic rings. The van der Waals surface area contributed by atoms with Gasteiger partial charge >= 0.3 is 70.7 Å². The fourth-order valence-corrected chi connectivity index (χ4v) is 1.53. The van der Waals surface area contributed by atoms with E-state index in [4.69, 9.17) is 0 Å². The first-order valence-electron chi connectivity index (χ1n) is 3.15. The second-order valence-corrected chi connectivity index (χ2v) is 3.11. The summed E-state index contributed by atoms with van der Waals surface area (Å²) in [6, 6.07) is 10.4. The van der Waals surface area contributed by atoms with Crippen LogP contribution in [0.5, 0.6) is 0 Å². The van der Waals surface area contributed by atoms with Gasteiger partial charge in [-0.1, -0.05) is 0 Å². The van der Waals surface area contributed by atoms with E-state index in [9.17, 15) is 0 Å². The number of rotatable bonds is 0. The second-order valence-electron chi connectivity index (χ2n) is 2.27. The number of para-hydroxylation sites is 1. The van der Waals surface area contributed by atoms with E-state index in [1.807, 2.05) is 6.07 Å². The number of H-pyrrole nitrogens is 1. The van der Waals surface area contributed by atoms with Crippen molar-refractivity contribution >= 4 is 14.9 Å². The summed E-state index contributed by atoms with van der Waals surface area (Å²) in [6.45, 7) is 0. The summed E-state index contributed by atoms with van der Waals surface area (Å²) in [5.41, 5.74) is 1.22. The molecule has 0 radical (unpaired) electrons. The normalized spacial score (nSPS) is 8.83. The van der Waals surface area contributed by atoms with Crippen molar-refractivity contribution in [2.75, 3.05) is 0 Å². The monoisotopic (exact) mass is 234 g/mol. The number of fused-ring (bicyclic) bond motifs is 1. The standard InChI is InChI=1S/C8H6N.2ClH.Ti/c1-2-4-8-7(3-1)5-6-9-8;;;/h1-5,9H;2*1H;/q;;;+2/p-2. The second kappa shape index (κ2) is 4.93. The van der Waals surface area contributed by atoms with E-state index >= 15 is 0 Å². The van der Waals surface area contributed by atoms with Crippen LogP contribution >= 0.6 is 0 Å². The zero-order valence-corrected chi connectivity index (χ0v) is 9.22. The first kappa shape index (κ1) is 12.1. The van der Waals surface area contributed by atoms with Crippen molar-refractivity contribution in [2.45, 2.75) is 0 Å². The summed E-state index contributed by atoms with van der Waals surface area (Å²) in [4.78, 5) is 3.26. The number of aromatic nitrogens is 1. The van der Waals surface area contributed by atoms with Crippen LogP contribution in [-0.2, 0) is 20.4 Å². The molecule has 1 heterocycles. The number of halogens is 2. The van der Waals surface area contributed by atoms with Crippen LogP contribution in [0.1, 0.15) is 0 Å². The van der Waals surface area contributed by atoms with Gasteiger partial charge in [0, 0.05) is 0 Å². The zero-order valence-electron chi connectivity index (χ0n) is 6.14. The van der Waals surface area contributed by atoms with Crippen molar-refractivity contribution in [3.05, 3.63) is 30.3 Å². The molecule has 0 aliphatic carbocycles. The molecule has 61 valence electrons. The van der Waals surface area contributed by atoms with E-state index in [1.54, 1.807) is 0 Å². The molecule has 4 heteroatoms. The average molecular weight is 235 g/mol. The van der Waals surface area contributed by atoms with Crippen molar-refractivity contribution in [1.82, 2.24) is 4.98 Å². The van der Waals surface area contributed by atoms with Gasteiger partial charge in [-0.25, -0.2) is 0 Å². The van der Waals surface area contributed by atoms with Crippen molar-refractivity contribution in [3.8, 4) is 0 Å². The van der Waals surface area contributed by atoms with E-state index in [0.29, 0.717) is 0 Å². The maximum atomic E-state index is 3.26. The predicted molar refractivity (Wildman–Crippen MR) is 37.9 cm³/mol. The Morgan fingerprint density at radius 3 is 2.42 bits per heavy atom. The molecule has 0 bridgehead atoms. The molecule has 1 N–H and O–H groups in total. The van der Waals surface area contributed by atoms with Crippen LogP contribution in [0.25, 0.3) is 10.9 Å². The summed E-state index contributed by atoms with van der Waals surface area (Å²) in [5, 5.41) is 1.29. The summed E-state index contributed by atoms with van der Waals surface area (Å²) in [5.74, 6) is 0. The topological polar surface area (TPSA) is 15.8 Å². The Bertz CT molecular complexity index is 326. The number of benzene rings is 1. The van der Waals surface area contributed by atoms with Gasteiger partial charge in [0.2, 0.25) is 0 Å². The third-order valence-electron chi connectivity index (χ3n) is 1.53. The van der Waals surface area contributed by atoms with E-state index in [-0.39, 0.29) is 24.8 Å². The van der Waals surface area contributed by atoms with Gasteiger partial charge in [-0.05, 0) is 0 Å². The molecule has 0 atom stereocenters. The number of hydrogen-bond acceptors (Lipinski definition) is 0. The molecule has 1 aromatic heterocycles. The molecule has 0 saturated heterocycles. The van der Waals surface area contributed by atoms with Crippen molar-refractivity contribution in [3.63, 3.8) is 0 Å². The quantitative estimate of drug-likeness (QED) is 0.442. The maximum absolute atomic E-state index is 3.26. The fraction of sp³-hybridized carbons (Fsp3) is 0. The Hall–Kier alpha value is 0.0543. The van der Waals surface area contributed by atoms with Crippen molar-refractivity contribution in [1.29, 1.82) is 0 Å². The molecule has 1 nitrogen and oxygen atoms in total. The molecule has 2 rings (SSSR count). The Morgan fingerprint density at radius 1 is 1.08 bits per heavy atom. The van der Waals surface area contributed by atoms with Gasteiger partial charge in [-0.2, -0.15) is 0 Å². The number of nitrogens with one attached hydrogen (secondary N) is 1. The van der Waals surface area contributed by atoms with Gasteiger partial charge in [0.25, 0.3) is 0 Å². The molecular formula is C8H6Cl2NTi. The van der Waals surface area contributed by atoms with Gasteiger partial charge in [0.05, 0.1) is 0 Å². The summed E-state index contributed by atoms with van der Waals surface area (Å²) < 4.78 is 1.22. The molecule has 0 amide bonds. The molecule has 12 heavy (non-hydrogen) atoms. The van der Waals surface area contributed by atoms with Crippen molar-refractivity contribution < 1.29 is 45.2 Å². The molecule has 2 aromatic rings. The molecule has 1 aromatic carbocycles. The van der Waals surface area contributed by atoms with Gasteiger partial charge < -0.3 is 24.8 Å². The van der Waals surface area contributed by atoms with E-state index < -0.39 is 0 Å². The Morgan fingerprint density at radius 2 is 1.75 bits per heavy atom. The van der Waals surface area contributed by atoms with Gasteiger partial charge in [0.15, 0.2) is 0 Å². The van der Waals surface area contributed by atoms with Gasteiger partial charge in [-0.3, -0.25) is 0 Å². The molecule has 0 aliphatic heterocycles. The van der Waals surface area contributed by atoms with Crippen LogP contribution in [0, 0.1) is 0 Å². The van der Waals surface area contributed by atoms with Crippen LogP contribution in [0.3, 0.4) is 0 Å². The number of aromatic amines is 1.